The maximum absolute atomic E-state index is 12.3. The molecular weight excluding hydrogens is 350 g/mol. The largest absolute Gasteiger partial charge is 0.326 e. The van der Waals surface area contributed by atoms with Gasteiger partial charge in [-0.1, -0.05) is 23.7 Å². The topological polar surface area (TPSA) is 99.1 Å². The Balaban J connectivity index is 2.14. The molecule has 0 unspecified atom stereocenters. The average molecular weight is 364 g/mol. The van der Waals surface area contributed by atoms with Crippen molar-refractivity contribution in [2.24, 2.45) is 0 Å². The van der Waals surface area contributed by atoms with Crippen molar-refractivity contribution < 1.29 is 13.2 Å². The predicted octanol–water partition coefficient (Wildman–Crippen LogP) is 2.65. The van der Waals surface area contributed by atoms with E-state index in [1.807, 2.05) is 6.07 Å². The van der Waals surface area contributed by atoms with Crippen LogP contribution >= 0.6 is 11.6 Å². The third kappa shape index (κ3) is 4.55. The lowest BCUT2D eigenvalue weighted by molar-refractivity contribution is -0.114. The Labute approximate surface area is 145 Å². The van der Waals surface area contributed by atoms with Gasteiger partial charge in [0.1, 0.15) is 6.07 Å². The first-order chi connectivity index (χ1) is 11.3. The van der Waals surface area contributed by atoms with E-state index in [9.17, 15) is 13.2 Å². The van der Waals surface area contributed by atoms with E-state index < -0.39 is 10.0 Å². The van der Waals surface area contributed by atoms with E-state index in [0.29, 0.717) is 11.3 Å². The fourth-order valence-electron chi connectivity index (χ4n) is 1.98. The zero-order valence-corrected chi connectivity index (χ0v) is 14.3. The summed E-state index contributed by atoms with van der Waals surface area (Å²) < 4.78 is 27.1. The lowest BCUT2D eigenvalue weighted by atomic mass is 10.2. The summed E-state index contributed by atoms with van der Waals surface area (Å²) in [7, 11) is -3.77. The lowest BCUT2D eigenvalue weighted by Gasteiger charge is -2.09. The van der Waals surface area contributed by atoms with Gasteiger partial charge in [0.05, 0.1) is 15.5 Å². The monoisotopic (exact) mass is 363 g/mol. The van der Waals surface area contributed by atoms with E-state index in [1.54, 1.807) is 24.3 Å². The van der Waals surface area contributed by atoms with Gasteiger partial charge in [-0.15, -0.1) is 0 Å². The second-order valence-electron chi connectivity index (χ2n) is 4.96. The Morgan fingerprint density at radius 2 is 2.00 bits per heavy atom. The molecule has 2 N–H and O–H groups in total. The minimum absolute atomic E-state index is 0.0236. The summed E-state index contributed by atoms with van der Waals surface area (Å²) in [6.45, 7) is 1.44. The van der Waals surface area contributed by atoms with Gasteiger partial charge >= 0.3 is 0 Å². The van der Waals surface area contributed by atoms with Crippen LogP contribution in [0.1, 0.15) is 18.1 Å². The van der Waals surface area contributed by atoms with E-state index >= 15 is 0 Å². The Hall–Kier alpha value is -2.40. The second kappa shape index (κ2) is 7.45. The Bertz CT molecular complexity index is 920. The van der Waals surface area contributed by atoms with Crippen molar-refractivity contribution in [2.45, 2.75) is 18.4 Å². The van der Waals surface area contributed by atoms with Crippen molar-refractivity contribution in [3.8, 4) is 6.07 Å². The molecule has 6 nitrogen and oxygen atoms in total. The summed E-state index contributed by atoms with van der Waals surface area (Å²) >= 11 is 5.87. The number of nitriles is 1. The number of benzene rings is 2. The molecule has 0 atom stereocenters. The van der Waals surface area contributed by atoms with Gasteiger partial charge in [0.25, 0.3) is 0 Å². The van der Waals surface area contributed by atoms with Crippen LogP contribution in [0.25, 0.3) is 0 Å². The number of carbonyl (C=O) groups excluding carboxylic acids is 1. The highest BCUT2D eigenvalue weighted by Gasteiger charge is 2.15. The fraction of sp³-hybridized carbons (Fsp3) is 0.125. The number of anilines is 1. The molecule has 0 bridgehead atoms. The third-order valence-electron chi connectivity index (χ3n) is 3.08. The lowest BCUT2D eigenvalue weighted by Crippen LogP contribution is -2.23. The summed E-state index contributed by atoms with van der Waals surface area (Å²) in [5, 5.41) is 11.5. The van der Waals surface area contributed by atoms with E-state index in [1.165, 1.54) is 25.1 Å². The van der Waals surface area contributed by atoms with Gasteiger partial charge < -0.3 is 5.32 Å². The van der Waals surface area contributed by atoms with E-state index in [4.69, 9.17) is 16.9 Å². The van der Waals surface area contributed by atoms with Gasteiger partial charge in [-0.3, -0.25) is 4.79 Å². The molecule has 1 amide bonds. The van der Waals surface area contributed by atoms with Crippen molar-refractivity contribution in [1.82, 2.24) is 4.72 Å². The molecule has 2 rings (SSSR count). The predicted molar refractivity (Wildman–Crippen MR) is 90.9 cm³/mol. The van der Waals surface area contributed by atoms with Crippen LogP contribution < -0.4 is 10.0 Å². The van der Waals surface area contributed by atoms with E-state index in [2.05, 4.69) is 10.0 Å². The van der Waals surface area contributed by atoms with Gasteiger partial charge in [0.2, 0.25) is 15.9 Å². The number of amides is 1. The third-order valence-corrected chi connectivity index (χ3v) is 4.80. The molecule has 124 valence electrons. The molecule has 0 fully saturated rings. The molecule has 0 aliphatic heterocycles. The van der Waals surface area contributed by atoms with E-state index in [0.717, 1.165) is 0 Å². The molecule has 0 radical (unpaired) electrons. The van der Waals surface area contributed by atoms with Crippen LogP contribution in [0.3, 0.4) is 0 Å². The highest BCUT2D eigenvalue weighted by Crippen LogP contribution is 2.20. The molecule has 0 aliphatic carbocycles. The van der Waals surface area contributed by atoms with Crippen LogP contribution in [0.2, 0.25) is 5.02 Å². The van der Waals surface area contributed by atoms with Crippen molar-refractivity contribution in [2.75, 3.05) is 5.32 Å². The van der Waals surface area contributed by atoms with Crippen molar-refractivity contribution in [3.63, 3.8) is 0 Å². The van der Waals surface area contributed by atoms with Crippen LogP contribution in [0, 0.1) is 11.3 Å². The summed E-state index contributed by atoms with van der Waals surface area (Å²) in [5.41, 5.74) is 1.48. The van der Waals surface area contributed by atoms with Crippen molar-refractivity contribution >= 4 is 33.2 Å². The van der Waals surface area contributed by atoms with Gasteiger partial charge in [-0.05, 0) is 35.9 Å². The van der Waals surface area contributed by atoms with Crippen LogP contribution in [-0.2, 0) is 21.4 Å². The first-order valence-corrected chi connectivity index (χ1v) is 8.74. The Kier molecular flexibility index (Phi) is 5.57. The second-order valence-corrected chi connectivity index (χ2v) is 7.13. The van der Waals surface area contributed by atoms with Gasteiger partial charge in [-0.2, -0.15) is 5.26 Å². The first-order valence-electron chi connectivity index (χ1n) is 6.87. The number of halogens is 1. The molecule has 0 aromatic heterocycles. The number of carbonyl (C=O) groups is 1. The smallest absolute Gasteiger partial charge is 0.240 e. The van der Waals surface area contributed by atoms with Crippen LogP contribution in [0.4, 0.5) is 5.69 Å². The maximum Gasteiger partial charge on any atom is 0.240 e. The fourth-order valence-corrected chi connectivity index (χ4v) is 3.31. The number of rotatable bonds is 5. The zero-order chi connectivity index (χ0) is 17.7. The Morgan fingerprint density at radius 1 is 1.25 bits per heavy atom. The summed E-state index contributed by atoms with van der Waals surface area (Å²) in [4.78, 5) is 11.0. The highest BCUT2D eigenvalue weighted by atomic mass is 35.5. The minimum atomic E-state index is -3.77. The highest BCUT2D eigenvalue weighted by molar-refractivity contribution is 7.89. The van der Waals surface area contributed by atoms with Crippen LogP contribution in [-0.4, -0.2) is 14.3 Å². The molecule has 2 aromatic carbocycles. The van der Waals surface area contributed by atoms with Gasteiger partial charge in [0, 0.05) is 19.2 Å². The molecule has 0 heterocycles. The molecule has 0 spiro atoms. The molecule has 2 aromatic rings. The summed E-state index contributed by atoms with van der Waals surface area (Å²) in [6.07, 6.45) is 0. The number of hydrogen-bond acceptors (Lipinski definition) is 4. The zero-order valence-electron chi connectivity index (χ0n) is 12.7. The normalized spacial score (nSPS) is 10.9. The first kappa shape index (κ1) is 17.9. The van der Waals surface area contributed by atoms with Crippen molar-refractivity contribution in [3.05, 3.63) is 58.6 Å². The number of sulfonamides is 1. The average Bonchev–Trinajstić information content (AvgIpc) is 2.53. The number of nitrogens with one attached hydrogen (secondary N) is 2. The maximum atomic E-state index is 12.3. The molecule has 24 heavy (non-hydrogen) atoms. The molecule has 8 heteroatoms. The number of nitrogens with zero attached hydrogens (tertiary/aromatic N) is 1. The molecule has 0 saturated heterocycles. The van der Waals surface area contributed by atoms with Crippen LogP contribution in [0.15, 0.2) is 47.4 Å². The van der Waals surface area contributed by atoms with Gasteiger partial charge in [-0.25, -0.2) is 13.1 Å². The summed E-state index contributed by atoms with van der Waals surface area (Å²) in [6, 6.07) is 12.6. The summed E-state index contributed by atoms with van der Waals surface area (Å²) in [5.74, 6) is -0.208. The van der Waals surface area contributed by atoms with E-state index in [-0.39, 0.29) is 27.9 Å². The molecular formula is C16H14ClN3O3S. The number of hydrogen-bond donors (Lipinski definition) is 2. The quantitative estimate of drug-likeness (QED) is 0.852. The van der Waals surface area contributed by atoms with Crippen molar-refractivity contribution in [1.29, 1.82) is 5.26 Å². The Morgan fingerprint density at radius 3 is 2.62 bits per heavy atom. The van der Waals surface area contributed by atoms with Crippen LogP contribution in [0.5, 0.6) is 0 Å². The molecule has 0 aliphatic rings. The standard InChI is InChI=1S/C16H14ClN3O3S/c1-11(21)20-14-4-2-3-12(7-14)10-19-24(22,23)15-6-5-13(9-18)16(17)8-15/h2-8,19H,10H2,1H3,(H,20,21). The van der Waals surface area contributed by atoms with Gasteiger partial charge in [0.15, 0.2) is 0 Å². The molecule has 0 saturated carbocycles. The SMILES string of the molecule is CC(=O)Nc1cccc(CNS(=O)(=O)c2ccc(C#N)c(Cl)c2)c1. The minimum Gasteiger partial charge on any atom is -0.326 e.